The lowest BCUT2D eigenvalue weighted by atomic mass is 10.1. The van der Waals surface area contributed by atoms with Gasteiger partial charge < -0.3 is 33.2 Å². The third-order valence-electron chi connectivity index (χ3n) is 4.27. The Morgan fingerprint density at radius 2 is 1.00 bits per heavy atom. The standard InChI is InChI=1S/C24H44O8/c1-3-5-6-7-8-9-10-24(25)32-23-22-31-21-20-30-19-18-29-17-16-28-15-14-27-13-12-26-11-4-2/h2H,3,5-23H2,1H3. The zero-order valence-corrected chi connectivity index (χ0v) is 20.0. The van der Waals surface area contributed by atoms with E-state index in [4.69, 9.17) is 39.6 Å². The van der Waals surface area contributed by atoms with Gasteiger partial charge in [0.2, 0.25) is 0 Å². The second-order valence-corrected chi connectivity index (χ2v) is 7.06. The molecular weight excluding hydrogens is 416 g/mol. The van der Waals surface area contributed by atoms with E-state index < -0.39 is 0 Å². The Hall–Kier alpha value is -1.21. The maximum absolute atomic E-state index is 11.6. The third kappa shape index (κ3) is 26.8. The molecule has 0 fully saturated rings. The molecule has 0 aromatic heterocycles. The minimum atomic E-state index is -0.139. The van der Waals surface area contributed by atoms with Crippen molar-refractivity contribution in [1.82, 2.24) is 0 Å². The molecular formula is C24H44O8. The van der Waals surface area contributed by atoms with E-state index in [2.05, 4.69) is 12.8 Å². The fraction of sp³-hybridized carbons (Fsp3) is 0.875. The molecule has 0 aliphatic carbocycles. The SMILES string of the molecule is C#CCOCCOCCOCCOCCOCCOCCOC(=O)CCCCCCCC. The average Bonchev–Trinajstić information content (AvgIpc) is 2.80. The van der Waals surface area contributed by atoms with Gasteiger partial charge in [-0.15, -0.1) is 6.42 Å². The van der Waals surface area contributed by atoms with Crippen LogP contribution in [0.15, 0.2) is 0 Å². The van der Waals surface area contributed by atoms with E-state index in [1.165, 1.54) is 25.7 Å². The lowest BCUT2D eigenvalue weighted by molar-refractivity contribution is -0.145. The molecule has 188 valence electrons. The monoisotopic (exact) mass is 460 g/mol. The lowest BCUT2D eigenvalue weighted by Gasteiger charge is -2.08. The zero-order valence-electron chi connectivity index (χ0n) is 20.0. The highest BCUT2D eigenvalue weighted by Crippen LogP contribution is 2.07. The molecule has 0 heterocycles. The normalized spacial score (nSPS) is 10.9. The molecule has 0 N–H and O–H groups in total. The van der Waals surface area contributed by atoms with Crippen LogP contribution in [-0.4, -0.2) is 91.9 Å². The van der Waals surface area contributed by atoms with Gasteiger partial charge in [0.15, 0.2) is 0 Å². The van der Waals surface area contributed by atoms with Gasteiger partial charge in [-0.05, 0) is 6.42 Å². The van der Waals surface area contributed by atoms with Crippen LogP contribution in [0.25, 0.3) is 0 Å². The Morgan fingerprint density at radius 3 is 1.47 bits per heavy atom. The predicted octanol–water partition coefficient (Wildman–Crippen LogP) is 3.01. The third-order valence-corrected chi connectivity index (χ3v) is 4.27. The Morgan fingerprint density at radius 1 is 0.594 bits per heavy atom. The van der Waals surface area contributed by atoms with Gasteiger partial charge in [0.25, 0.3) is 0 Å². The van der Waals surface area contributed by atoms with Gasteiger partial charge in [-0.3, -0.25) is 4.79 Å². The van der Waals surface area contributed by atoms with Crippen LogP contribution < -0.4 is 0 Å². The Kier molecular flexibility index (Phi) is 26.8. The summed E-state index contributed by atoms with van der Waals surface area (Å²) in [6, 6.07) is 0. The van der Waals surface area contributed by atoms with Gasteiger partial charge in [0, 0.05) is 6.42 Å². The summed E-state index contributed by atoms with van der Waals surface area (Å²) in [5.41, 5.74) is 0. The van der Waals surface area contributed by atoms with Crippen molar-refractivity contribution < 1.29 is 38.0 Å². The smallest absolute Gasteiger partial charge is 0.305 e. The van der Waals surface area contributed by atoms with Crippen molar-refractivity contribution in [3.63, 3.8) is 0 Å². The van der Waals surface area contributed by atoms with Crippen molar-refractivity contribution in [2.45, 2.75) is 51.9 Å². The van der Waals surface area contributed by atoms with Gasteiger partial charge >= 0.3 is 5.97 Å². The van der Waals surface area contributed by atoms with E-state index in [9.17, 15) is 4.79 Å². The minimum absolute atomic E-state index is 0.139. The molecule has 8 heteroatoms. The Balaban J connectivity index is 3.10. The summed E-state index contributed by atoms with van der Waals surface area (Å²) in [6.07, 6.45) is 12.5. The fourth-order valence-corrected chi connectivity index (χ4v) is 2.57. The summed E-state index contributed by atoms with van der Waals surface area (Å²) in [6.45, 7) is 8.18. The maximum atomic E-state index is 11.6. The van der Waals surface area contributed by atoms with E-state index in [1.807, 2.05) is 0 Å². The number of hydrogen-bond acceptors (Lipinski definition) is 8. The van der Waals surface area contributed by atoms with Gasteiger partial charge in [-0.1, -0.05) is 44.9 Å². The average molecular weight is 461 g/mol. The summed E-state index contributed by atoms with van der Waals surface area (Å²) < 4.78 is 37.1. The summed E-state index contributed by atoms with van der Waals surface area (Å²) in [5.74, 6) is 2.25. The molecule has 32 heavy (non-hydrogen) atoms. The van der Waals surface area contributed by atoms with E-state index in [0.29, 0.717) is 92.3 Å². The van der Waals surface area contributed by atoms with Crippen LogP contribution in [-0.2, 0) is 38.0 Å². The topological polar surface area (TPSA) is 81.7 Å². The Bertz CT molecular complexity index is 425. The molecule has 0 aliphatic rings. The van der Waals surface area contributed by atoms with E-state index in [-0.39, 0.29) is 5.97 Å². The number of rotatable bonds is 26. The number of esters is 1. The van der Waals surface area contributed by atoms with Crippen molar-refractivity contribution >= 4 is 5.97 Å². The second kappa shape index (κ2) is 27.8. The van der Waals surface area contributed by atoms with Crippen LogP contribution in [0.3, 0.4) is 0 Å². The highest BCUT2D eigenvalue weighted by atomic mass is 16.6. The number of carbonyl (C=O) groups excluding carboxylic acids is 1. The molecule has 8 nitrogen and oxygen atoms in total. The van der Waals surface area contributed by atoms with Crippen LogP contribution >= 0.6 is 0 Å². The first-order chi connectivity index (χ1) is 15.8. The predicted molar refractivity (Wildman–Crippen MR) is 123 cm³/mol. The minimum Gasteiger partial charge on any atom is -0.463 e. The summed E-state index contributed by atoms with van der Waals surface area (Å²) in [7, 11) is 0. The van der Waals surface area contributed by atoms with Crippen LogP contribution in [0.4, 0.5) is 0 Å². The highest BCUT2D eigenvalue weighted by molar-refractivity contribution is 5.69. The number of hydrogen-bond donors (Lipinski definition) is 0. The summed E-state index contributed by atoms with van der Waals surface area (Å²) in [4.78, 5) is 11.6. The van der Waals surface area contributed by atoms with Crippen LogP contribution in [0.1, 0.15) is 51.9 Å². The quantitative estimate of drug-likeness (QED) is 0.111. The zero-order chi connectivity index (χ0) is 23.4. The molecule has 0 saturated heterocycles. The van der Waals surface area contributed by atoms with Crippen molar-refractivity contribution in [1.29, 1.82) is 0 Å². The van der Waals surface area contributed by atoms with Gasteiger partial charge in [0.1, 0.15) is 13.2 Å². The molecule has 0 saturated carbocycles. The first-order valence-corrected chi connectivity index (χ1v) is 11.9. The number of carbonyl (C=O) groups is 1. The number of terminal acetylenes is 1. The van der Waals surface area contributed by atoms with Crippen LogP contribution in [0.2, 0.25) is 0 Å². The first-order valence-electron chi connectivity index (χ1n) is 11.9. The van der Waals surface area contributed by atoms with Crippen molar-refractivity contribution in [2.24, 2.45) is 0 Å². The van der Waals surface area contributed by atoms with Gasteiger partial charge in [0.05, 0.1) is 72.7 Å². The fourth-order valence-electron chi connectivity index (χ4n) is 2.57. The van der Waals surface area contributed by atoms with Gasteiger partial charge in [-0.25, -0.2) is 0 Å². The second-order valence-electron chi connectivity index (χ2n) is 7.06. The molecule has 0 atom stereocenters. The number of ether oxygens (including phenoxy) is 7. The molecule has 0 rings (SSSR count). The van der Waals surface area contributed by atoms with E-state index in [1.54, 1.807) is 0 Å². The van der Waals surface area contributed by atoms with Crippen LogP contribution in [0, 0.1) is 12.3 Å². The lowest BCUT2D eigenvalue weighted by Crippen LogP contribution is -2.15. The van der Waals surface area contributed by atoms with Gasteiger partial charge in [-0.2, -0.15) is 0 Å². The highest BCUT2D eigenvalue weighted by Gasteiger charge is 2.02. The molecule has 0 spiro atoms. The van der Waals surface area contributed by atoms with E-state index in [0.717, 1.165) is 12.8 Å². The molecule has 0 radical (unpaired) electrons. The van der Waals surface area contributed by atoms with Crippen LogP contribution in [0.5, 0.6) is 0 Å². The molecule has 0 aromatic rings. The van der Waals surface area contributed by atoms with Crippen molar-refractivity contribution in [3.05, 3.63) is 0 Å². The van der Waals surface area contributed by atoms with Crippen molar-refractivity contribution in [2.75, 3.05) is 85.9 Å². The summed E-state index contributed by atoms with van der Waals surface area (Å²) >= 11 is 0. The summed E-state index contributed by atoms with van der Waals surface area (Å²) in [5, 5.41) is 0. The largest absolute Gasteiger partial charge is 0.463 e. The maximum Gasteiger partial charge on any atom is 0.305 e. The molecule has 0 aromatic carbocycles. The van der Waals surface area contributed by atoms with Crippen molar-refractivity contribution in [3.8, 4) is 12.3 Å². The Labute approximate surface area is 194 Å². The molecule has 0 bridgehead atoms. The number of unbranched alkanes of at least 4 members (excludes halogenated alkanes) is 5. The molecule has 0 unspecified atom stereocenters. The molecule has 0 amide bonds. The first kappa shape index (κ1) is 30.8. The molecule has 0 aliphatic heterocycles. The van der Waals surface area contributed by atoms with E-state index >= 15 is 0 Å².